The van der Waals surface area contributed by atoms with Crippen molar-refractivity contribution in [2.75, 3.05) is 20.6 Å². The van der Waals surface area contributed by atoms with Crippen LogP contribution in [0.4, 0.5) is 0 Å². The van der Waals surface area contributed by atoms with E-state index in [4.69, 9.17) is 0 Å². The van der Waals surface area contributed by atoms with Gasteiger partial charge in [0.2, 0.25) is 5.91 Å². The molecule has 4 heteroatoms. The Labute approximate surface area is 101 Å². The van der Waals surface area contributed by atoms with Gasteiger partial charge in [0.15, 0.2) is 0 Å². The number of carbonyl (C=O) groups is 1. The van der Waals surface area contributed by atoms with Gasteiger partial charge in [0.1, 0.15) is 0 Å². The number of nitrogens with zero attached hydrogens (tertiary/aromatic N) is 1. The first kappa shape index (κ1) is 13.1. The molecule has 0 fully saturated rings. The van der Waals surface area contributed by atoms with E-state index < -0.39 is 0 Å². The molecule has 1 amide bonds. The molecular formula is C13H15N2O2. The second-order valence-electron chi connectivity index (χ2n) is 3.86. The maximum absolute atomic E-state index is 11.4. The molecule has 0 saturated carbocycles. The van der Waals surface area contributed by atoms with E-state index >= 15 is 0 Å². The molecule has 1 aromatic rings. The monoisotopic (exact) mass is 231 g/mol. The number of nitrogens with one attached hydrogen (secondary N) is 1. The Morgan fingerprint density at radius 1 is 1.35 bits per heavy atom. The Kier molecular flexibility index (Phi) is 5.10. The van der Waals surface area contributed by atoms with Crippen molar-refractivity contribution in [2.45, 2.75) is 0 Å². The molecule has 0 aromatic heterocycles. The number of hydrogen-bond acceptors (Lipinski definition) is 3. The zero-order valence-electron chi connectivity index (χ0n) is 9.93. The van der Waals surface area contributed by atoms with Crippen LogP contribution in [-0.4, -0.2) is 37.7 Å². The molecule has 1 aromatic carbocycles. The maximum atomic E-state index is 11.4. The molecule has 1 rings (SSSR count). The topological polar surface area (TPSA) is 49.4 Å². The van der Waals surface area contributed by atoms with E-state index in [0.29, 0.717) is 0 Å². The lowest BCUT2D eigenvalue weighted by molar-refractivity contribution is -0.120. The minimum Gasteiger partial charge on any atom is -0.322 e. The standard InChI is InChI=1S/C13H15N2O2/c1-15(2)9-13(17)14-12(10-16)8-11-6-4-3-5-7-11/h3-8H,9H2,1-2H3,(H,14,17). The lowest BCUT2D eigenvalue weighted by Crippen LogP contribution is -2.33. The molecule has 1 N–H and O–H groups in total. The smallest absolute Gasteiger partial charge is 0.251 e. The summed E-state index contributed by atoms with van der Waals surface area (Å²) in [5, 5.41) is 2.50. The van der Waals surface area contributed by atoms with E-state index in [1.54, 1.807) is 31.4 Å². The molecule has 0 heterocycles. The fourth-order valence-corrected chi connectivity index (χ4v) is 1.28. The van der Waals surface area contributed by atoms with Crippen molar-refractivity contribution in [3.8, 4) is 0 Å². The van der Waals surface area contributed by atoms with E-state index in [9.17, 15) is 9.59 Å². The van der Waals surface area contributed by atoms with Crippen LogP contribution < -0.4 is 5.32 Å². The highest BCUT2D eigenvalue weighted by Gasteiger charge is 2.05. The van der Waals surface area contributed by atoms with Crippen molar-refractivity contribution in [2.24, 2.45) is 0 Å². The highest BCUT2D eigenvalue weighted by molar-refractivity contribution is 5.90. The van der Waals surface area contributed by atoms with Gasteiger partial charge < -0.3 is 10.2 Å². The van der Waals surface area contributed by atoms with Gasteiger partial charge in [-0.3, -0.25) is 9.59 Å². The second-order valence-corrected chi connectivity index (χ2v) is 3.86. The summed E-state index contributed by atoms with van der Waals surface area (Å²) in [5.74, 6) is -0.236. The van der Waals surface area contributed by atoms with Gasteiger partial charge in [0.05, 0.1) is 12.2 Å². The number of hydrogen-bond donors (Lipinski definition) is 1. The summed E-state index contributed by atoms with van der Waals surface area (Å²) in [6, 6.07) is 9.28. The zero-order valence-corrected chi connectivity index (χ0v) is 9.93. The summed E-state index contributed by atoms with van der Waals surface area (Å²) >= 11 is 0. The minimum absolute atomic E-state index is 0.142. The van der Waals surface area contributed by atoms with Gasteiger partial charge in [-0.25, -0.2) is 0 Å². The van der Waals surface area contributed by atoms with E-state index in [0.717, 1.165) is 5.56 Å². The van der Waals surface area contributed by atoms with Crippen molar-refractivity contribution >= 4 is 18.3 Å². The molecule has 89 valence electrons. The molecule has 0 bridgehead atoms. The van der Waals surface area contributed by atoms with Gasteiger partial charge in [0.25, 0.3) is 6.29 Å². The van der Waals surface area contributed by atoms with Crippen LogP contribution in [0.1, 0.15) is 5.56 Å². The van der Waals surface area contributed by atoms with Crippen LogP contribution in [0, 0.1) is 0 Å². The van der Waals surface area contributed by atoms with E-state index in [1.165, 1.54) is 0 Å². The molecule has 17 heavy (non-hydrogen) atoms. The van der Waals surface area contributed by atoms with Gasteiger partial charge in [-0.05, 0) is 25.7 Å². The molecule has 4 nitrogen and oxygen atoms in total. The van der Waals surface area contributed by atoms with Crippen molar-refractivity contribution in [3.05, 3.63) is 41.6 Å². The van der Waals surface area contributed by atoms with Crippen molar-refractivity contribution in [3.63, 3.8) is 0 Å². The first-order valence-electron chi connectivity index (χ1n) is 5.21. The number of carbonyl (C=O) groups excluding carboxylic acids is 2. The van der Waals surface area contributed by atoms with Crippen molar-refractivity contribution in [1.82, 2.24) is 10.2 Å². The summed E-state index contributed by atoms with van der Waals surface area (Å²) in [6.07, 6.45) is 3.30. The third-order valence-corrected chi connectivity index (χ3v) is 1.95. The molecule has 0 aliphatic heterocycles. The summed E-state index contributed by atoms with van der Waals surface area (Å²) in [6.45, 7) is 0.230. The fourth-order valence-electron chi connectivity index (χ4n) is 1.28. The molecule has 0 aliphatic rings. The number of amides is 1. The molecule has 0 saturated heterocycles. The van der Waals surface area contributed by atoms with Gasteiger partial charge in [0, 0.05) is 0 Å². The van der Waals surface area contributed by atoms with Crippen LogP contribution >= 0.6 is 0 Å². The maximum Gasteiger partial charge on any atom is 0.251 e. The van der Waals surface area contributed by atoms with Gasteiger partial charge in [-0.2, -0.15) is 0 Å². The van der Waals surface area contributed by atoms with Crippen molar-refractivity contribution in [1.29, 1.82) is 0 Å². The fraction of sp³-hybridized carbons (Fsp3) is 0.231. The highest BCUT2D eigenvalue weighted by atomic mass is 16.2. The van der Waals surface area contributed by atoms with Crippen LogP contribution in [0.25, 0.3) is 6.08 Å². The number of benzene rings is 1. The van der Waals surface area contributed by atoms with E-state index in [1.807, 2.05) is 30.3 Å². The van der Waals surface area contributed by atoms with Crippen LogP contribution in [0.3, 0.4) is 0 Å². The normalized spacial score (nSPS) is 11.4. The Balaban J connectivity index is 2.69. The van der Waals surface area contributed by atoms with Gasteiger partial charge in [-0.1, -0.05) is 30.3 Å². The van der Waals surface area contributed by atoms with Crippen molar-refractivity contribution < 1.29 is 9.59 Å². The van der Waals surface area contributed by atoms with Gasteiger partial charge in [-0.15, -0.1) is 0 Å². The molecular weight excluding hydrogens is 216 g/mol. The molecule has 1 radical (unpaired) electrons. The predicted molar refractivity (Wildman–Crippen MR) is 66.8 cm³/mol. The number of likely N-dealkylation sites (N-methyl/N-ethyl adjacent to an activating group) is 1. The Morgan fingerprint density at radius 3 is 2.53 bits per heavy atom. The van der Waals surface area contributed by atoms with E-state index in [-0.39, 0.29) is 18.1 Å². The third kappa shape index (κ3) is 5.08. The second kappa shape index (κ2) is 6.60. The average Bonchev–Trinajstić information content (AvgIpc) is 2.28. The zero-order chi connectivity index (χ0) is 12.7. The first-order valence-corrected chi connectivity index (χ1v) is 5.21. The lowest BCUT2D eigenvalue weighted by Gasteiger charge is -2.09. The number of allylic oxidation sites excluding steroid dienone is 1. The third-order valence-electron chi connectivity index (χ3n) is 1.95. The van der Waals surface area contributed by atoms with Crippen LogP contribution in [0.2, 0.25) is 0 Å². The Hall–Kier alpha value is -1.94. The first-order chi connectivity index (χ1) is 8.11. The molecule has 0 aliphatic carbocycles. The average molecular weight is 231 g/mol. The Morgan fingerprint density at radius 2 is 2.00 bits per heavy atom. The Bertz CT molecular complexity index is 411. The molecule has 0 atom stereocenters. The van der Waals surface area contributed by atoms with Crippen LogP contribution in [-0.2, 0) is 9.59 Å². The van der Waals surface area contributed by atoms with Crippen LogP contribution in [0.5, 0.6) is 0 Å². The summed E-state index contributed by atoms with van der Waals surface area (Å²) < 4.78 is 0. The summed E-state index contributed by atoms with van der Waals surface area (Å²) in [7, 11) is 3.57. The minimum atomic E-state index is -0.236. The van der Waals surface area contributed by atoms with E-state index in [2.05, 4.69) is 5.32 Å². The largest absolute Gasteiger partial charge is 0.322 e. The molecule has 0 spiro atoms. The van der Waals surface area contributed by atoms with Crippen LogP contribution in [0.15, 0.2) is 36.0 Å². The highest BCUT2D eigenvalue weighted by Crippen LogP contribution is 2.03. The predicted octanol–water partition coefficient (Wildman–Crippen LogP) is 0.815. The molecule has 0 unspecified atom stereocenters. The SMILES string of the molecule is CN(C)CC(=O)NC([C]=O)=Cc1ccccc1. The quantitative estimate of drug-likeness (QED) is 0.763. The summed E-state index contributed by atoms with van der Waals surface area (Å²) in [4.78, 5) is 23.9. The lowest BCUT2D eigenvalue weighted by atomic mass is 10.2. The summed E-state index contributed by atoms with van der Waals surface area (Å²) in [5.41, 5.74) is 0.985. The number of rotatable bonds is 5. The van der Waals surface area contributed by atoms with Gasteiger partial charge >= 0.3 is 0 Å².